The largest absolute Gasteiger partial charge is 0.384 e. The molecular formula is C13H15NO2S. The highest BCUT2D eigenvalue weighted by atomic mass is 32.2. The number of hydrogen-bond donors (Lipinski definition) is 2. The number of carbonyl (C=O) groups is 1. The number of carbonyl (C=O) groups excluding carboxylic acids is 1. The molecule has 0 aliphatic heterocycles. The van der Waals surface area contributed by atoms with Crippen LogP contribution in [-0.2, 0) is 4.79 Å². The Morgan fingerprint density at radius 1 is 1.53 bits per heavy atom. The van der Waals surface area contributed by atoms with Crippen LogP contribution in [-0.4, -0.2) is 29.6 Å². The Morgan fingerprint density at radius 3 is 2.94 bits per heavy atom. The van der Waals surface area contributed by atoms with E-state index in [1.807, 2.05) is 31.4 Å². The standard InChI is InChI=1S/C13H15NO2S/c1-10-5-6-12(14-13(16)9-17-2)11(8-10)4-3-7-15/h5-6,8,15H,7,9H2,1-2H3,(H,14,16). The molecule has 0 aromatic heterocycles. The van der Waals surface area contributed by atoms with E-state index in [-0.39, 0.29) is 12.5 Å². The van der Waals surface area contributed by atoms with Crippen LogP contribution in [0.15, 0.2) is 18.2 Å². The minimum absolute atomic E-state index is 0.0478. The van der Waals surface area contributed by atoms with Crippen LogP contribution in [0, 0.1) is 18.8 Å². The summed E-state index contributed by atoms with van der Waals surface area (Å²) in [6, 6.07) is 5.63. The number of amides is 1. The summed E-state index contributed by atoms with van der Waals surface area (Å²) in [6.07, 6.45) is 1.88. The predicted molar refractivity (Wildman–Crippen MR) is 72.2 cm³/mol. The minimum Gasteiger partial charge on any atom is -0.384 e. The molecule has 0 heterocycles. The lowest BCUT2D eigenvalue weighted by molar-refractivity contribution is -0.113. The first-order valence-electron chi connectivity index (χ1n) is 5.16. The maximum absolute atomic E-state index is 11.5. The van der Waals surface area contributed by atoms with Crippen molar-refractivity contribution in [2.75, 3.05) is 23.9 Å². The van der Waals surface area contributed by atoms with Gasteiger partial charge in [0.05, 0.1) is 11.4 Å². The summed E-state index contributed by atoms with van der Waals surface area (Å²) in [4.78, 5) is 11.5. The highest BCUT2D eigenvalue weighted by molar-refractivity contribution is 7.99. The van der Waals surface area contributed by atoms with Crippen molar-refractivity contribution in [3.05, 3.63) is 29.3 Å². The van der Waals surface area contributed by atoms with Crippen LogP contribution in [0.4, 0.5) is 5.69 Å². The first-order valence-corrected chi connectivity index (χ1v) is 6.56. The number of rotatable bonds is 3. The SMILES string of the molecule is CSCC(=O)Nc1ccc(C)cc1C#CCO. The number of hydrogen-bond acceptors (Lipinski definition) is 3. The van der Waals surface area contributed by atoms with E-state index in [1.54, 1.807) is 0 Å². The maximum Gasteiger partial charge on any atom is 0.234 e. The fourth-order valence-corrected chi connectivity index (χ4v) is 1.66. The average molecular weight is 249 g/mol. The molecule has 0 unspecified atom stereocenters. The van der Waals surface area contributed by atoms with E-state index in [0.29, 0.717) is 11.4 Å². The molecular weight excluding hydrogens is 234 g/mol. The second-order valence-electron chi connectivity index (χ2n) is 3.49. The Kier molecular flexibility index (Phi) is 5.61. The summed E-state index contributed by atoms with van der Waals surface area (Å²) in [5.74, 6) is 5.79. The van der Waals surface area contributed by atoms with E-state index in [2.05, 4.69) is 17.2 Å². The van der Waals surface area contributed by atoms with Gasteiger partial charge in [-0.25, -0.2) is 0 Å². The van der Waals surface area contributed by atoms with E-state index in [1.165, 1.54) is 11.8 Å². The van der Waals surface area contributed by atoms with Crippen LogP contribution in [0.5, 0.6) is 0 Å². The van der Waals surface area contributed by atoms with Crippen molar-refractivity contribution in [1.29, 1.82) is 0 Å². The first-order chi connectivity index (χ1) is 8.17. The zero-order valence-corrected chi connectivity index (χ0v) is 10.7. The van der Waals surface area contributed by atoms with Gasteiger partial charge in [-0.2, -0.15) is 11.8 Å². The summed E-state index contributed by atoms with van der Waals surface area (Å²) < 4.78 is 0. The highest BCUT2D eigenvalue weighted by Gasteiger charge is 2.05. The Balaban J connectivity index is 2.94. The van der Waals surface area contributed by atoms with E-state index in [4.69, 9.17) is 5.11 Å². The van der Waals surface area contributed by atoms with Crippen LogP contribution >= 0.6 is 11.8 Å². The topological polar surface area (TPSA) is 49.3 Å². The Hall–Kier alpha value is -1.44. The molecule has 0 saturated carbocycles. The fourth-order valence-electron chi connectivity index (χ4n) is 1.32. The zero-order chi connectivity index (χ0) is 12.7. The van der Waals surface area contributed by atoms with Gasteiger partial charge in [-0.1, -0.05) is 17.9 Å². The summed E-state index contributed by atoms with van der Waals surface area (Å²) in [7, 11) is 0. The summed E-state index contributed by atoms with van der Waals surface area (Å²) in [5.41, 5.74) is 2.49. The van der Waals surface area contributed by atoms with E-state index in [0.717, 1.165) is 11.1 Å². The monoisotopic (exact) mass is 249 g/mol. The molecule has 90 valence electrons. The molecule has 0 radical (unpaired) electrons. The molecule has 3 nitrogen and oxygen atoms in total. The van der Waals surface area contributed by atoms with E-state index in [9.17, 15) is 4.79 Å². The van der Waals surface area contributed by atoms with Gasteiger partial charge in [-0.15, -0.1) is 0 Å². The number of aliphatic hydroxyl groups is 1. The zero-order valence-electron chi connectivity index (χ0n) is 9.91. The molecule has 0 spiro atoms. The molecule has 2 N–H and O–H groups in total. The maximum atomic E-state index is 11.5. The van der Waals surface area contributed by atoms with Crippen molar-refractivity contribution in [1.82, 2.24) is 0 Å². The summed E-state index contributed by atoms with van der Waals surface area (Å²) in [6.45, 7) is 1.77. The molecule has 0 aliphatic carbocycles. The third kappa shape index (κ3) is 4.51. The molecule has 1 aromatic carbocycles. The van der Waals surface area contributed by atoms with Crippen LogP contribution in [0.25, 0.3) is 0 Å². The van der Waals surface area contributed by atoms with Gasteiger partial charge in [-0.3, -0.25) is 4.79 Å². The predicted octanol–water partition coefficient (Wildman–Crippen LogP) is 1.64. The van der Waals surface area contributed by atoms with Gasteiger partial charge >= 0.3 is 0 Å². The number of benzene rings is 1. The molecule has 0 atom stereocenters. The van der Waals surface area contributed by atoms with Gasteiger partial charge in [0.25, 0.3) is 0 Å². The third-order valence-electron chi connectivity index (χ3n) is 2.03. The van der Waals surface area contributed by atoms with Crippen molar-refractivity contribution >= 4 is 23.4 Å². The molecule has 1 amide bonds. The van der Waals surface area contributed by atoms with Crippen molar-refractivity contribution in [3.8, 4) is 11.8 Å². The number of thioether (sulfide) groups is 1. The van der Waals surface area contributed by atoms with Crippen molar-refractivity contribution in [2.45, 2.75) is 6.92 Å². The first kappa shape index (κ1) is 13.6. The molecule has 1 rings (SSSR count). The normalized spacial score (nSPS) is 9.35. The van der Waals surface area contributed by atoms with Crippen LogP contribution < -0.4 is 5.32 Å². The molecule has 0 bridgehead atoms. The van der Waals surface area contributed by atoms with Gasteiger partial charge in [0, 0.05) is 5.56 Å². The molecule has 17 heavy (non-hydrogen) atoms. The van der Waals surface area contributed by atoms with Gasteiger partial charge in [-0.05, 0) is 30.9 Å². The fraction of sp³-hybridized carbons (Fsp3) is 0.308. The third-order valence-corrected chi connectivity index (χ3v) is 2.58. The smallest absolute Gasteiger partial charge is 0.234 e. The van der Waals surface area contributed by atoms with Gasteiger partial charge in [0.1, 0.15) is 6.61 Å². The van der Waals surface area contributed by atoms with Crippen molar-refractivity contribution in [3.63, 3.8) is 0 Å². The van der Waals surface area contributed by atoms with E-state index >= 15 is 0 Å². The quantitative estimate of drug-likeness (QED) is 0.801. The second kappa shape index (κ2) is 7.00. The highest BCUT2D eigenvalue weighted by Crippen LogP contribution is 2.16. The van der Waals surface area contributed by atoms with Gasteiger partial charge in [0.2, 0.25) is 5.91 Å². The Morgan fingerprint density at radius 2 is 2.29 bits per heavy atom. The van der Waals surface area contributed by atoms with Crippen LogP contribution in [0.3, 0.4) is 0 Å². The lowest BCUT2D eigenvalue weighted by atomic mass is 10.1. The molecule has 0 fully saturated rings. The molecule has 4 heteroatoms. The summed E-state index contributed by atoms with van der Waals surface area (Å²) >= 11 is 1.47. The number of aryl methyl sites for hydroxylation is 1. The average Bonchev–Trinajstić information content (AvgIpc) is 2.30. The summed E-state index contributed by atoms with van der Waals surface area (Å²) in [5, 5.41) is 11.5. The van der Waals surface area contributed by atoms with Crippen LogP contribution in [0.1, 0.15) is 11.1 Å². The minimum atomic E-state index is -0.188. The van der Waals surface area contributed by atoms with E-state index < -0.39 is 0 Å². The number of anilines is 1. The molecule has 0 saturated heterocycles. The lowest BCUT2D eigenvalue weighted by Gasteiger charge is -2.07. The second-order valence-corrected chi connectivity index (χ2v) is 4.36. The van der Waals surface area contributed by atoms with Gasteiger partial charge in [0.15, 0.2) is 0 Å². The van der Waals surface area contributed by atoms with Crippen molar-refractivity contribution < 1.29 is 9.90 Å². The lowest BCUT2D eigenvalue weighted by Crippen LogP contribution is -2.14. The Labute approximate surface area is 106 Å². The number of aliphatic hydroxyl groups excluding tert-OH is 1. The number of nitrogens with one attached hydrogen (secondary N) is 1. The Bertz CT molecular complexity index is 460. The van der Waals surface area contributed by atoms with Gasteiger partial charge < -0.3 is 10.4 Å². The molecule has 0 aliphatic rings. The van der Waals surface area contributed by atoms with Crippen molar-refractivity contribution in [2.24, 2.45) is 0 Å². The molecule has 1 aromatic rings. The van der Waals surface area contributed by atoms with Crippen LogP contribution in [0.2, 0.25) is 0 Å².